The number of pyridine rings is 1. The Kier molecular flexibility index (Phi) is 12.9. The third-order valence-electron chi connectivity index (χ3n) is 12.4. The fourth-order valence-corrected chi connectivity index (χ4v) is 9.37. The van der Waals surface area contributed by atoms with E-state index in [1.165, 1.54) is 9.91 Å². The Morgan fingerprint density at radius 3 is 2.57 bits per heavy atom. The molecule has 2 aliphatic heterocycles. The number of cyclic esters (lactones) is 1. The molecule has 3 amide bonds. The second kappa shape index (κ2) is 17.8. The number of aromatic nitrogens is 2. The molecule has 2 fully saturated rings. The van der Waals surface area contributed by atoms with Gasteiger partial charge in [0.2, 0.25) is 11.8 Å². The lowest BCUT2D eigenvalue weighted by Gasteiger charge is -2.36. The molecule has 0 radical (unpaired) electrons. The van der Waals surface area contributed by atoms with E-state index in [4.69, 9.17) is 26.1 Å². The molecular weight excluding hydrogens is 796 g/mol. The van der Waals surface area contributed by atoms with E-state index in [2.05, 4.69) is 54.3 Å². The van der Waals surface area contributed by atoms with Crippen molar-refractivity contribution in [2.24, 2.45) is 17.3 Å². The molecule has 3 N–H and O–H groups in total. The van der Waals surface area contributed by atoms with Gasteiger partial charge in [0.1, 0.15) is 23.9 Å². The number of amides is 3. The highest BCUT2D eigenvalue weighted by Gasteiger charge is 2.46. The number of rotatable bonds is 9. The molecule has 13 nitrogen and oxygen atoms in total. The number of carbonyl (C=O) groups excluding carboxylic acids is 4. The van der Waals surface area contributed by atoms with Crippen LogP contribution in [0.15, 0.2) is 54.7 Å². The first kappa shape index (κ1) is 44.1. The molecule has 1 saturated heterocycles. The largest absolute Gasteiger partial charge is 0.508 e. The molecule has 61 heavy (non-hydrogen) atoms. The van der Waals surface area contributed by atoms with Gasteiger partial charge >= 0.3 is 5.97 Å². The van der Waals surface area contributed by atoms with Gasteiger partial charge in [-0.2, -0.15) is 0 Å². The second-order valence-corrected chi connectivity index (χ2v) is 18.6. The van der Waals surface area contributed by atoms with E-state index >= 15 is 0 Å². The first-order valence-corrected chi connectivity index (χ1v) is 21.9. The maximum atomic E-state index is 14.6. The molecule has 0 unspecified atom stereocenters. The third kappa shape index (κ3) is 9.15. The van der Waals surface area contributed by atoms with Crippen LogP contribution in [0.4, 0.5) is 0 Å². The predicted octanol–water partition coefficient (Wildman–Crippen LogP) is 6.56. The summed E-state index contributed by atoms with van der Waals surface area (Å²) in [5.74, 6) is -2.24. The quantitative estimate of drug-likeness (QED) is 0.125. The minimum absolute atomic E-state index is 0.00520. The number of benzene rings is 2. The highest BCUT2D eigenvalue weighted by molar-refractivity contribution is 6.24. The Morgan fingerprint density at radius 2 is 1.89 bits per heavy atom. The first-order valence-electron chi connectivity index (χ1n) is 21.4. The molecular formula is C47H59ClN6O7. The van der Waals surface area contributed by atoms with Crippen LogP contribution in [0.1, 0.15) is 83.7 Å². The third-order valence-corrected chi connectivity index (χ3v) is 12.9. The van der Waals surface area contributed by atoms with Gasteiger partial charge in [-0.05, 0) is 104 Å². The number of aryl methyl sites for hydroxylation is 1. The number of aromatic hydroxyl groups is 1. The van der Waals surface area contributed by atoms with E-state index < -0.39 is 41.3 Å². The highest BCUT2D eigenvalue weighted by atomic mass is 35.5. The Morgan fingerprint density at radius 1 is 1.13 bits per heavy atom. The van der Waals surface area contributed by atoms with Gasteiger partial charge in [0, 0.05) is 67.1 Å². The number of nitrogens with one attached hydrogen (secondary N) is 2. The van der Waals surface area contributed by atoms with Crippen molar-refractivity contribution < 1.29 is 33.8 Å². The maximum Gasteiger partial charge on any atom is 0.324 e. The maximum absolute atomic E-state index is 14.6. The van der Waals surface area contributed by atoms with Crippen molar-refractivity contribution in [2.45, 2.75) is 110 Å². The fraction of sp³-hybridized carbons (Fsp3) is 0.511. The Hall–Kier alpha value is -4.98. The molecule has 3 aliphatic rings. The molecule has 4 aromatic rings. The molecule has 6 atom stereocenters. The summed E-state index contributed by atoms with van der Waals surface area (Å²) in [6.45, 7) is 13.1. The van der Waals surface area contributed by atoms with Gasteiger partial charge in [0.05, 0.1) is 30.0 Å². The van der Waals surface area contributed by atoms with Crippen LogP contribution in [-0.2, 0) is 48.0 Å². The van der Waals surface area contributed by atoms with E-state index in [0.29, 0.717) is 44.3 Å². The minimum atomic E-state index is -1.12. The zero-order chi connectivity index (χ0) is 43.9. The molecule has 4 heterocycles. The zero-order valence-corrected chi connectivity index (χ0v) is 37.2. The van der Waals surface area contributed by atoms with Gasteiger partial charge in [0.15, 0.2) is 0 Å². The number of methoxy groups -OCH3 is 1. The van der Waals surface area contributed by atoms with Crippen molar-refractivity contribution in [2.75, 3.05) is 27.3 Å². The number of phenols is 1. The number of phenolic OH excluding ortho intramolecular Hbond substituents is 1. The number of fused-ring (bicyclic) bond motifs is 6. The van der Waals surface area contributed by atoms with Crippen molar-refractivity contribution in [1.82, 2.24) is 30.2 Å². The first-order chi connectivity index (χ1) is 29.0. The van der Waals surface area contributed by atoms with E-state index in [-0.39, 0.29) is 48.0 Å². The molecule has 326 valence electrons. The van der Waals surface area contributed by atoms with Crippen molar-refractivity contribution in [3.63, 3.8) is 0 Å². The number of nitrogens with zero attached hydrogens (tertiary/aromatic N) is 4. The minimum Gasteiger partial charge on any atom is -0.508 e. The summed E-state index contributed by atoms with van der Waals surface area (Å²) in [5.41, 5.74) is 9.65. The van der Waals surface area contributed by atoms with Crippen LogP contribution >= 0.6 is 11.6 Å². The molecule has 2 aromatic heterocycles. The molecule has 0 spiro atoms. The van der Waals surface area contributed by atoms with Crippen molar-refractivity contribution in [3.05, 3.63) is 71.5 Å². The molecule has 7 rings (SSSR count). The van der Waals surface area contributed by atoms with Crippen LogP contribution in [0.5, 0.6) is 5.75 Å². The highest BCUT2D eigenvalue weighted by Crippen LogP contribution is 2.42. The van der Waals surface area contributed by atoms with Crippen LogP contribution in [0, 0.1) is 17.3 Å². The summed E-state index contributed by atoms with van der Waals surface area (Å²) < 4.78 is 14.2. The second-order valence-electron chi connectivity index (χ2n) is 18.0. The normalized spacial score (nSPS) is 22.6. The van der Waals surface area contributed by atoms with Crippen molar-refractivity contribution in [1.29, 1.82) is 0 Å². The number of esters is 1. The Bertz CT molecular complexity index is 2330. The predicted molar refractivity (Wildman–Crippen MR) is 234 cm³/mol. The average molecular weight is 855 g/mol. The van der Waals surface area contributed by atoms with Crippen molar-refractivity contribution >= 4 is 46.2 Å². The molecule has 1 saturated carbocycles. The zero-order valence-electron chi connectivity index (χ0n) is 36.5. The number of hydrazine groups is 1. The summed E-state index contributed by atoms with van der Waals surface area (Å²) in [6.07, 6.45) is 3.62. The number of hydrogen-bond acceptors (Lipinski definition) is 9. The molecule has 2 aromatic carbocycles. The van der Waals surface area contributed by atoms with Gasteiger partial charge in [-0.1, -0.05) is 39.8 Å². The number of alkyl halides is 1. The number of halogens is 1. The lowest BCUT2D eigenvalue weighted by Crippen LogP contribution is -2.62. The van der Waals surface area contributed by atoms with Crippen LogP contribution in [0.3, 0.4) is 0 Å². The summed E-state index contributed by atoms with van der Waals surface area (Å²) in [4.78, 5) is 62.2. The number of hydrogen-bond donors (Lipinski definition) is 3. The topological polar surface area (TPSA) is 155 Å². The summed E-state index contributed by atoms with van der Waals surface area (Å²) in [5, 5.41) is 16.4. The summed E-state index contributed by atoms with van der Waals surface area (Å²) in [7, 11) is 3.27. The summed E-state index contributed by atoms with van der Waals surface area (Å²) in [6, 6.07) is 12.7. The van der Waals surface area contributed by atoms with Gasteiger partial charge in [-0.3, -0.25) is 29.2 Å². The lowest BCUT2D eigenvalue weighted by atomic mass is 9.84. The van der Waals surface area contributed by atoms with Crippen LogP contribution < -0.4 is 10.7 Å². The van der Waals surface area contributed by atoms with E-state index in [1.807, 2.05) is 39.0 Å². The van der Waals surface area contributed by atoms with Crippen LogP contribution in [-0.4, -0.2) is 99.1 Å². The Balaban J connectivity index is 1.35. The Labute approximate surface area is 363 Å². The van der Waals surface area contributed by atoms with E-state index in [9.17, 15) is 24.3 Å². The van der Waals surface area contributed by atoms with Gasteiger partial charge < -0.3 is 29.4 Å². The number of ether oxygens (including phenoxy) is 2. The molecule has 14 heteroatoms. The van der Waals surface area contributed by atoms with Gasteiger partial charge in [-0.25, -0.2) is 5.43 Å². The van der Waals surface area contributed by atoms with E-state index in [0.717, 1.165) is 44.5 Å². The standard InChI is InChI=1S/C47H59ClN6O7/c1-9-53-39-15-14-29-22-33(39)35(42(53)32-12-10-16-49-40(32)27(4)60-8)24-47(5,6)25-61-46(59)37-13-11-17-54(51-37)45(58)38(20-28-18-30(29)21-31(55)19-28)50-43(56)41(26(2)3)52(7)44(57)34-23-36(34)48/h10,12,14-16,18-19,21-22,26-27,34,36-38,41,51,55H,9,11,13,17,20,23-25H2,1-8H3,(H,50,56)/t27-,34-,36-,37-,38-,41-/m0/s1. The number of carbonyl (C=O) groups is 4. The van der Waals surface area contributed by atoms with Gasteiger partial charge in [-0.15, -0.1) is 11.6 Å². The SMILES string of the molecule is CCn1c(-c2cccnc2[C@H](C)OC)c2c3cc(ccc31)-c1cc(O)cc(c1)C[C@H](NC(=O)[C@H](C(C)C)N(C)C(=O)[C@H]1C[C@@H]1Cl)C(=O)N1CCC[C@H](N1)C(=O)OCC(C)(C)C2. The van der Waals surface area contributed by atoms with Gasteiger partial charge in [0.25, 0.3) is 5.91 Å². The van der Waals surface area contributed by atoms with Crippen LogP contribution in [0.25, 0.3) is 33.3 Å². The smallest absolute Gasteiger partial charge is 0.324 e. The van der Waals surface area contributed by atoms with E-state index in [1.54, 1.807) is 32.5 Å². The molecule has 6 bridgehead atoms. The molecule has 1 aliphatic carbocycles. The van der Waals surface area contributed by atoms with Crippen molar-refractivity contribution in [3.8, 4) is 28.1 Å². The number of likely N-dealkylation sites (N-methyl/N-ethyl adjacent to an activating group) is 1. The van der Waals surface area contributed by atoms with Crippen LogP contribution in [0.2, 0.25) is 0 Å². The average Bonchev–Trinajstić information content (AvgIpc) is 3.90. The fourth-order valence-electron chi connectivity index (χ4n) is 9.07. The lowest BCUT2D eigenvalue weighted by molar-refractivity contribution is -0.155. The summed E-state index contributed by atoms with van der Waals surface area (Å²) >= 11 is 6.23. The monoisotopic (exact) mass is 854 g/mol.